The van der Waals surface area contributed by atoms with Gasteiger partial charge < -0.3 is 15.2 Å². The van der Waals surface area contributed by atoms with Crippen LogP contribution < -0.4 is 5.32 Å². The van der Waals surface area contributed by atoms with Crippen molar-refractivity contribution in [1.82, 2.24) is 10.2 Å². The van der Waals surface area contributed by atoms with Gasteiger partial charge in [-0.1, -0.05) is 19.8 Å². The first kappa shape index (κ1) is 18.7. The van der Waals surface area contributed by atoms with E-state index in [1.807, 2.05) is 0 Å². The van der Waals surface area contributed by atoms with Crippen LogP contribution in [0.25, 0.3) is 0 Å². The van der Waals surface area contributed by atoms with Crippen molar-refractivity contribution in [3.8, 4) is 0 Å². The summed E-state index contributed by atoms with van der Waals surface area (Å²) < 4.78 is 5.35. The van der Waals surface area contributed by atoms with E-state index >= 15 is 0 Å². The van der Waals surface area contributed by atoms with Crippen molar-refractivity contribution < 1.29 is 19.4 Å². The number of nitrogens with zero attached hydrogens (tertiary/aromatic N) is 1. The van der Waals surface area contributed by atoms with Gasteiger partial charge in [-0.25, -0.2) is 4.79 Å². The Kier molecular flexibility index (Phi) is 6.23. The molecule has 1 aliphatic rings. The van der Waals surface area contributed by atoms with Crippen molar-refractivity contribution in [2.45, 2.75) is 64.6 Å². The van der Waals surface area contributed by atoms with Gasteiger partial charge in [-0.2, -0.15) is 0 Å². The summed E-state index contributed by atoms with van der Waals surface area (Å²) in [6.45, 7) is 7.45. The smallest absolute Gasteiger partial charge is 0.410 e. The molecule has 128 valence electrons. The summed E-state index contributed by atoms with van der Waals surface area (Å²) in [5.74, 6) is 0.137. The summed E-state index contributed by atoms with van der Waals surface area (Å²) in [7, 11) is 1.52. The van der Waals surface area contributed by atoms with Crippen LogP contribution in [0.3, 0.4) is 0 Å². The van der Waals surface area contributed by atoms with Gasteiger partial charge in [-0.15, -0.1) is 0 Å². The van der Waals surface area contributed by atoms with Crippen LogP contribution in [0.1, 0.15) is 53.4 Å². The molecule has 1 fully saturated rings. The molecule has 0 radical (unpaired) electrons. The van der Waals surface area contributed by atoms with Gasteiger partial charge in [0.2, 0.25) is 5.91 Å². The molecule has 0 aromatic carbocycles. The van der Waals surface area contributed by atoms with Gasteiger partial charge in [-0.05, 0) is 39.5 Å². The van der Waals surface area contributed by atoms with Gasteiger partial charge in [0.25, 0.3) is 0 Å². The quantitative estimate of drug-likeness (QED) is 0.831. The minimum absolute atomic E-state index is 0.109. The first-order valence-corrected chi connectivity index (χ1v) is 7.95. The van der Waals surface area contributed by atoms with Crippen molar-refractivity contribution in [3.05, 3.63) is 0 Å². The summed E-state index contributed by atoms with van der Waals surface area (Å²) in [6, 6.07) is 0. The topological polar surface area (TPSA) is 78.9 Å². The Labute approximate surface area is 133 Å². The second kappa shape index (κ2) is 7.31. The summed E-state index contributed by atoms with van der Waals surface area (Å²) >= 11 is 0. The predicted molar refractivity (Wildman–Crippen MR) is 84.5 cm³/mol. The number of hydrogen-bond acceptors (Lipinski definition) is 4. The van der Waals surface area contributed by atoms with Gasteiger partial charge in [0.05, 0.1) is 12.1 Å². The lowest BCUT2D eigenvalue weighted by molar-refractivity contribution is -0.123. The molecule has 0 spiro atoms. The second-order valence-electron chi connectivity index (χ2n) is 7.44. The monoisotopic (exact) mass is 314 g/mol. The van der Waals surface area contributed by atoms with Crippen LogP contribution in [0, 0.1) is 5.92 Å². The highest BCUT2D eigenvalue weighted by atomic mass is 16.6. The zero-order valence-electron chi connectivity index (χ0n) is 14.4. The Bertz CT molecular complexity index is 405. The third-order valence-corrected chi connectivity index (χ3v) is 3.82. The van der Waals surface area contributed by atoms with E-state index in [4.69, 9.17) is 4.74 Å². The Morgan fingerprint density at radius 1 is 1.41 bits per heavy atom. The van der Waals surface area contributed by atoms with E-state index in [2.05, 4.69) is 12.2 Å². The molecule has 22 heavy (non-hydrogen) atoms. The molecule has 1 aliphatic carbocycles. The summed E-state index contributed by atoms with van der Waals surface area (Å²) in [6.07, 6.45) is 2.73. The van der Waals surface area contributed by atoms with Crippen molar-refractivity contribution >= 4 is 12.0 Å². The molecule has 1 rings (SSSR count). The number of rotatable bonds is 4. The first-order chi connectivity index (χ1) is 10.0. The molecule has 1 saturated carbocycles. The largest absolute Gasteiger partial charge is 0.444 e. The Morgan fingerprint density at radius 3 is 2.55 bits per heavy atom. The Hall–Kier alpha value is -1.30. The van der Waals surface area contributed by atoms with Gasteiger partial charge in [0.15, 0.2) is 0 Å². The average Bonchev–Trinajstić information content (AvgIpc) is 2.35. The van der Waals surface area contributed by atoms with E-state index in [0.29, 0.717) is 18.8 Å². The van der Waals surface area contributed by atoms with E-state index in [1.165, 1.54) is 11.9 Å². The molecule has 6 nitrogen and oxygen atoms in total. The van der Waals surface area contributed by atoms with Gasteiger partial charge in [-0.3, -0.25) is 9.69 Å². The number of amides is 2. The lowest BCUT2D eigenvalue weighted by atomic mass is 9.78. The van der Waals surface area contributed by atoms with E-state index in [1.54, 1.807) is 20.8 Å². The summed E-state index contributed by atoms with van der Waals surface area (Å²) in [5.41, 5.74) is -1.58. The normalized spacial score (nSPS) is 25.5. The number of nitrogens with one attached hydrogen (secondary N) is 1. The SMILES string of the molecule is CNC(=O)CN(C[C@@]1(O)CCC[C@H](C)C1)C(=O)OC(C)(C)C. The number of ether oxygens (including phenoxy) is 1. The zero-order chi connectivity index (χ0) is 17.0. The van der Waals surface area contributed by atoms with Crippen LogP contribution in [0.5, 0.6) is 0 Å². The third-order valence-electron chi connectivity index (χ3n) is 3.82. The van der Waals surface area contributed by atoms with Gasteiger partial charge in [0, 0.05) is 7.05 Å². The van der Waals surface area contributed by atoms with Crippen molar-refractivity contribution in [2.75, 3.05) is 20.1 Å². The van der Waals surface area contributed by atoms with Crippen molar-refractivity contribution in [2.24, 2.45) is 5.92 Å². The second-order valence-corrected chi connectivity index (χ2v) is 7.44. The van der Waals surface area contributed by atoms with E-state index < -0.39 is 17.3 Å². The van der Waals surface area contributed by atoms with Crippen LogP contribution in [-0.2, 0) is 9.53 Å². The third kappa shape index (κ3) is 6.22. The zero-order valence-corrected chi connectivity index (χ0v) is 14.4. The molecule has 0 bridgehead atoms. The van der Waals surface area contributed by atoms with Crippen LogP contribution in [-0.4, -0.2) is 53.3 Å². The molecule has 2 amide bonds. The molecule has 2 atom stereocenters. The highest BCUT2D eigenvalue weighted by molar-refractivity contribution is 5.82. The summed E-state index contributed by atoms with van der Waals surface area (Å²) in [4.78, 5) is 25.3. The lowest BCUT2D eigenvalue weighted by Gasteiger charge is -2.39. The molecule has 6 heteroatoms. The van der Waals surface area contributed by atoms with E-state index in [-0.39, 0.29) is 19.0 Å². The minimum atomic E-state index is -0.942. The fourth-order valence-electron chi connectivity index (χ4n) is 2.90. The number of carbonyl (C=O) groups is 2. The van der Waals surface area contributed by atoms with E-state index in [0.717, 1.165) is 12.8 Å². The maximum Gasteiger partial charge on any atom is 0.410 e. The first-order valence-electron chi connectivity index (χ1n) is 7.95. The Morgan fingerprint density at radius 2 is 2.05 bits per heavy atom. The van der Waals surface area contributed by atoms with Crippen molar-refractivity contribution in [1.29, 1.82) is 0 Å². The molecule has 0 saturated heterocycles. The Balaban J connectivity index is 2.81. The van der Waals surface area contributed by atoms with Gasteiger partial charge >= 0.3 is 6.09 Å². The molecule has 0 aromatic rings. The maximum absolute atomic E-state index is 12.3. The van der Waals surface area contributed by atoms with Crippen LogP contribution in [0.4, 0.5) is 4.79 Å². The molecule has 0 heterocycles. The number of hydrogen-bond donors (Lipinski definition) is 2. The fourth-order valence-corrected chi connectivity index (χ4v) is 2.90. The highest BCUT2D eigenvalue weighted by Gasteiger charge is 2.37. The molecule has 0 aromatic heterocycles. The predicted octanol–water partition coefficient (Wildman–Crippen LogP) is 1.91. The van der Waals surface area contributed by atoms with Crippen molar-refractivity contribution in [3.63, 3.8) is 0 Å². The standard InChI is InChI=1S/C16H30N2O4/c1-12-7-6-8-16(21,9-12)11-18(10-13(19)17-5)14(20)22-15(2,3)4/h12,21H,6-11H2,1-5H3,(H,17,19)/t12-,16+/m0/s1. The highest BCUT2D eigenvalue weighted by Crippen LogP contribution is 2.33. The lowest BCUT2D eigenvalue weighted by Crippen LogP contribution is -2.51. The van der Waals surface area contributed by atoms with Crippen LogP contribution >= 0.6 is 0 Å². The van der Waals surface area contributed by atoms with E-state index in [9.17, 15) is 14.7 Å². The minimum Gasteiger partial charge on any atom is -0.444 e. The molecule has 2 N–H and O–H groups in total. The fraction of sp³-hybridized carbons (Fsp3) is 0.875. The molecular formula is C16H30N2O4. The molecular weight excluding hydrogens is 284 g/mol. The van der Waals surface area contributed by atoms with Gasteiger partial charge in [0.1, 0.15) is 12.1 Å². The number of aliphatic hydroxyl groups is 1. The molecule has 0 aliphatic heterocycles. The molecule has 0 unspecified atom stereocenters. The average molecular weight is 314 g/mol. The number of likely N-dealkylation sites (N-methyl/N-ethyl adjacent to an activating group) is 1. The summed E-state index contributed by atoms with van der Waals surface area (Å²) in [5, 5.41) is 13.3. The number of carbonyl (C=O) groups excluding carboxylic acids is 2. The maximum atomic E-state index is 12.3. The van der Waals surface area contributed by atoms with Crippen LogP contribution in [0.15, 0.2) is 0 Å². The van der Waals surface area contributed by atoms with Crippen LogP contribution in [0.2, 0.25) is 0 Å².